The van der Waals surface area contributed by atoms with E-state index in [1.54, 1.807) is 14.2 Å². The van der Waals surface area contributed by atoms with E-state index < -0.39 is 0 Å². The van der Waals surface area contributed by atoms with E-state index in [4.69, 9.17) is 0 Å². The van der Waals surface area contributed by atoms with Crippen LogP contribution in [0.4, 0.5) is 0 Å². The van der Waals surface area contributed by atoms with Crippen molar-refractivity contribution < 1.29 is 14.6 Å². The number of rotatable bonds is 0. The molecule has 0 bridgehead atoms. The smallest absolute Gasteiger partial charge is 0.139 e. The lowest BCUT2D eigenvalue weighted by molar-refractivity contribution is -0.129. The molecular weight excluding hydrogens is 300 g/mol. The summed E-state index contributed by atoms with van der Waals surface area (Å²) in [6, 6.07) is 5.92. The molecule has 0 unspecified atom stereocenters. The van der Waals surface area contributed by atoms with E-state index in [-0.39, 0.29) is 5.41 Å². The molecule has 1 aromatic carbocycles. The first-order chi connectivity index (χ1) is 11.4. The molecule has 4 rings (SSSR count). The number of Topliss-reactive ketones (excluding diaryl/α,β-unsaturated/α-hetero) is 1. The van der Waals surface area contributed by atoms with Crippen molar-refractivity contribution in [2.24, 2.45) is 23.2 Å². The Balaban J connectivity index is 0.000000526. The predicted molar refractivity (Wildman–Crippen MR) is 95.2 cm³/mol. The highest BCUT2D eigenvalue weighted by atomic mass is 16.4. The molecule has 3 heteroatoms. The fourth-order valence-corrected chi connectivity index (χ4v) is 5.74. The van der Waals surface area contributed by atoms with Gasteiger partial charge in [-0.05, 0) is 72.6 Å². The second-order valence-corrected chi connectivity index (χ2v) is 8.18. The molecule has 0 radical (unpaired) electrons. The van der Waals surface area contributed by atoms with E-state index in [0.717, 1.165) is 32.1 Å². The molecule has 0 spiro atoms. The first-order valence-electron chi connectivity index (χ1n) is 9.17. The summed E-state index contributed by atoms with van der Waals surface area (Å²) in [5, 5.41) is 9.75. The highest BCUT2D eigenvalue weighted by Crippen LogP contribution is 2.60. The number of carbonyl (C=O) groups excluding carboxylic acids is 1. The fourth-order valence-electron chi connectivity index (χ4n) is 5.74. The number of phenols is 1. The number of ketones is 1. The number of hydrogen-bond acceptors (Lipinski definition) is 3. The highest BCUT2D eigenvalue weighted by molar-refractivity contribution is 5.87. The van der Waals surface area contributed by atoms with Gasteiger partial charge in [-0.25, -0.2) is 0 Å². The van der Waals surface area contributed by atoms with Crippen LogP contribution in [0.3, 0.4) is 0 Å². The largest absolute Gasteiger partial charge is 0.508 e. The van der Waals surface area contributed by atoms with E-state index in [9.17, 15) is 9.90 Å². The Morgan fingerprint density at radius 1 is 1.25 bits per heavy atom. The minimum Gasteiger partial charge on any atom is -0.508 e. The van der Waals surface area contributed by atoms with Gasteiger partial charge in [-0.15, -0.1) is 0 Å². The maximum Gasteiger partial charge on any atom is 0.139 e. The van der Waals surface area contributed by atoms with Crippen molar-refractivity contribution in [1.29, 1.82) is 0 Å². The van der Waals surface area contributed by atoms with Crippen LogP contribution in [0.5, 0.6) is 5.75 Å². The van der Waals surface area contributed by atoms with Crippen LogP contribution in [0.2, 0.25) is 0 Å². The third-order valence-electron chi connectivity index (χ3n) is 6.77. The van der Waals surface area contributed by atoms with Gasteiger partial charge in [0, 0.05) is 26.1 Å². The molecule has 132 valence electrons. The summed E-state index contributed by atoms with van der Waals surface area (Å²) in [6.45, 7) is 4.57. The zero-order valence-corrected chi connectivity index (χ0v) is 15.3. The molecule has 0 saturated heterocycles. The Hall–Kier alpha value is -1.35. The van der Waals surface area contributed by atoms with Gasteiger partial charge in [0.15, 0.2) is 0 Å². The van der Waals surface area contributed by atoms with Crippen molar-refractivity contribution in [1.82, 2.24) is 0 Å². The third kappa shape index (κ3) is 2.67. The molecule has 2 saturated carbocycles. The number of fused-ring (bicyclic) bond motifs is 5. The molecule has 0 heterocycles. The molecule has 0 aromatic heterocycles. The summed E-state index contributed by atoms with van der Waals surface area (Å²) in [5.74, 6) is 3.31. The van der Waals surface area contributed by atoms with Crippen LogP contribution < -0.4 is 0 Å². The normalized spacial score (nSPS) is 36.9. The van der Waals surface area contributed by atoms with Gasteiger partial charge in [0.2, 0.25) is 0 Å². The van der Waals surface area contributed by atoms with Crippen LogP contribution in [-0.2, 0) is 16.0 Å². The lowest BCUT2D eigenvalue weighted by Crippen LogP contribution is -2.45. The van der Waals surface area contributed by atoms with Gasteiger partial charge in [0.1, 0.15) is 11.5 Å². The number of carbonyl (C=O) groups is 1. The van der Waals surface area contributed by atoms with Crippen LogP contribution in [0.1, 0.15) is 56.6 Å². The van der Waals surface area contributed by atoms with E-state index in [2.05, 4.69) is 24.7 Å². The number of hydrogen-bond donors (Lipinski definition) is 1. The average molecular weight is 330 g/mol. The van der Waals surface area contributed by atoms with Gasteiger partial charge < -0.3 is 9.84 Å². The Morgan fingerprint density at radius 3 is 2.67 bits per heavy atom. The Labute approximate surface area is 145 Å². The topological polar surface area (TPSA) is 46.5 Å². The first kappa shape index (κ1) is 17.5. The molecule has 3 nitrogen and oxygen atoms in total. The second kappa shape index (κ2) is 6.51. The fraction of sp³-hybridized carbons (Fsp3) is 0.667. The maximum absolute atomic E-state index is 12.4. The number of methoxy groups -OCH3 is 1. The molecule has 5 atom stereocenters. The predicted octanol–water partition coefficient (Wildman–Crippen LogP) is 4.33. The Morgan fingerprint density at radius 2 is 1.96 bits per heavy atom. The van der Waals surface area contributed by atoms with Crippen LogP contribution in [0.25, 0.3) is 0 Å². The monoisotopic (exact) mass is 330 g/mol. The lowest BCUT2D eigenvalue weighted by Gasteiger charge is -2.51. The van der Waals surface area contributed by atoms with Gasteiger partial charge in [-0.2, -0.15) is 0 Å². The highest BCUT2D eigenvalue weighted by Gasteiger charge is 2.56. The van der Waals surface area contributed by atoms with Gasteiger partial charge in [-0.3, -0.25) is 4.79 Å². The van der Waals surface area contributed by atoms with Gasteiger partial charge in [-0.1, -0.05) is 19.9 Å². The van der Waals surface area contributed by atoms with Gasteiger partial charge >= 0.3 is 0 Å². The summed E-state index contributed by atoms with van der Waals surface area (Å²) in [7, 11) is 3.25. The molecule has 0 aliphatic heterocycles. The van der Waals surface area contributed by atoms with Crippen LogP contribution in [0.15, 0.2) is 18.2 Å². The van der Waals surface area contributed by atoms with E-state index >= 15 is 0 Å². The summed E-state index contributed by atoms with van der Waals surface area (Å²) in [6.07, 6.45) is 5.11. The summed E-state index contributed by atoms with van der Waals surface area (Å²) >= 11 is 0. The first-order valence-corrected chi connectivity index (χ1v) is 9.17. The molecule has 3 aliphatic carbocycles. The number of phenolic OH excluding ortho intramolecular Hbond substituents is 1. The molecule has 3 aliphatic rings. The number of benzene rings is 1. The standard InChI is InChI=1S/C19H24O2.C2H6O/c1-11-9-12-10-13(20)3-4-14(12)15-7-8-19(2)16(18(11)15)5-6-17(19)21;1-3-2/h3-4,10-11,15-16,18,20H,5-9H2,1-2H3;1-2H3/t11-,15-,16+,18-,19+;/m1./s1. The van der Waals surface area contributed by atoms with E-state index in [1.165, 1.54) is 11.1 Å². The van der Waals surface area contributed by atoms with E-state index in [1.807, 2.05) is 12.1 Å². The van der Waals surface area contributed by atoms with Crippen LogP contribution in [-0.4, -0.2) is 25.1 Å². The van der Waals surface area contributed by atoms with Crippen LogP contribution in [0, 0.1) is 23.2 Å². The van der Waals surface area contributed by atoms with Crippen LogP contribution >= 0.6 is 0 Å². The number of aromatic hydroxyl groups is 1. The summed E-state index contributed by atoms with van der Waals surface area (Å²) < 4.78 is 4.25. The quantitative estimate of drug-likeness (QED) is 0.770. The summed E-state index contributed by atoms with van der Waals surface area (Å²) in [5.41, 5.74) is 2.72. The molecular formula is C21H30O3. The molecule has 24 heavy (non-hydrogen) atoms. The maximum atomic E-state index is 12.4. The zero-order chi connectivity index (χ0) is 17.5. The SMILES string of the molecule is COC.C[C@@H]1Cc2cc(O)ccc2[C@H]2CC[C@]3(C)C(=O)CC[C@H]3[C@H]12. The van der Waals surface area contributed by atoms with Gasteiger partial charge in [0.05, 0.1) is 0 Å². The lowest BCUT2D eigenvalue weighted by atomic mass is 9.53. The van der Waals surface area contributed by atoms with Crippen molar-refractivity contribution >= 4 is 5.78 Å². The van der Waals surface area contributed by atoms with Gasteiger partial charge in [0.25, 0.3) is 0 Å². The summed E-state index contributed by atoms with van der Waals surface area (Å²) in [4.78, 5) is 12.4. The molecule has 1 aromatic rings. The zero-order valence-electron chi connectivity index (χ0n) is 15.3. The Kier molecular flexibility index (Phi) is 4.74. The van der Waals surface area contributed by atoms with Crippen molar-refractivity contribution in [3.63, 3.8) is 0 Å². The molecule has 2 fully saturated rings. The van der Waals surface area contributed by atoms with E-state index in [0.29, 0.717) is 35.2 Å². The second-order valence-electron chi connectivity index (χ2n) is 8.18. The minimum absolute atomic E-state index is 0.0517. The minimum atomic E-state index is -0.0517. The molecule has 0 amide bonds. The van der Waals surface area contributed by atoms with Crippen molar-refractivity contribution in [2.45, 2.75) is 51.9 Å². The molecule has 1 N–H and O–H groups in total. The number of ether oxygens (including phenoxy) is 1. The third-order valence-corrected chi connectivity index (χ3v) is 6.77. The van der Waals surface area contributed by atoms with Crippen molar-refractivity contribution in [2.75, 3.05) is 14.2 Å². The Bertz CT molecular complexity index is 624. The van der Waals surface area contributed by atoms with Crippen molar-refractivity contribution in [3.8, 4) is 5.75 Å². The average Bonchev–Trinajstić information content (AvgIpc) is 2.83. The van der Waals surface area contributed by atoms with Crippen molar-refractivity contribution in [3.05, 3.63) is 29.3 Å².